The molecule has 20 heavy (non-hydrogen) atoms. The van der Waals surface area contributed by atoms with Crippen molar-refractivity contribution in [3.05, 3.63) is 28.8 Å². The number of hydrogen-bond acceptors (Lipinski definition) is 4. The Hall–Kier alpha value is -1.55. The maximum absolute atomic E-state index is 11.7. The third-order valence-corrected chi connectivity index (χ3v) is 3.30. The van der Waals surface area contributed by atoms with E-state index < -0.39 is 0 Å². The molecule has 0 saturated carbocycles. The van der Waals surface area contributed by atoms with Crippen molar-refractivity contribution in [2.75, 3.05) is 7.11 Å². The Morgan fingerprint density at radius 3 is 2.30 bits per heavy atom. The molecule has 0 saturated heterocycles. The number of nitrogens with one attached hydrogen (secondary N) is 1. The molecule has 4 nitrogen and oxygen atoms in total. The Labute approximate surface area is 121 Å². The minimum Gasteiger partial charge on any atom is -0.507 e. The number of rotatable bonds is 6. The number of phenols is 1. The average Bonchev–Trinajstić information content (AvgIpc) is 2.39. The number of esters is 1. The monoisotopic (exact) mass is 279 g/mol. The third kappa shape index (κ3) is 4.53. The second-order valence-electron chi connectivity index (χ2n) is 5.66. The van der Waals surface area contributed by atoms with Gasteiger partial charge in [0.15, 0.2) is 0 Å². The zero-order chi connectivity index (χ0) is 15.3. The molecule has 0 radical (unpaired) electrons. The summed E-state index contributed by atoms with van der Waals surface area (Å²) in [5, 5.41) is 13.0. The lowest BCUT2D eigenvalue weighted by Gasteiger charge is -2.19. The van der Waals surface area contributed by atoms with Gasteiger partial charge in [-0.1, -0.05) is 26.0 Å². The highest BCUT2D eigenvalue weighted by atomic mass is 16.5. The van der Waals surface area contributed by atoms with Crippen LogP contribution in [0.5, 0.6) is 5.75 Å². The van der Waals surface area contributed by atoms with Gasteiger partial charge in [0.2, 0.25) is 0 Å². The van der Waals surface area contributed by atoms with Crippen LogP contribution < -0.4 is 5.32 Å². The third-order valence-electron chi connectivity index (χ3n) is 3.30. The van der Waals surface area contributed by atoms with Gasteiger partial charge < -0.3 is 15.2 Å². The molecule has 1 aromatic carbocycles. The fraction of sp³-hybridized carbons (Fsp3) is 0.562. The van der Waals surface area contributed by atoms with Crippen LogP contribution in [0.4, 0.5) is 0 Å². The van der Waals surface area contributed by atoms with E-state index in [4.69, 9.17) is 4.74 Å². The number of aromatic hydroxyl groups is 1. The molecule has 0 heterocycles. The van der Waals surface area contributed by atoms with Crippen molar-refractivity contribution in [3.63, 3.8) is 0 Å². The highest BCUT2D eigenvalue weighted by Gasteiger charge is 2.19. The molecule has 0 aliphatic heterocycles. The van der Waals surface area contributed by atoms with Crippen molar-refractivity contribution >= 4 is 5.97 Å². The largest absolute Gasteiger partial charge is 0.507 e. The van der Waals surface area contributed by atoms with Gasteiger partial charge in [-0.15, -0.1) is 0 Å². The van der Waals surface area contributed by atoms with Gasteiger partial charge in [-0.2, -0.15) is 0 Å². The topological polar surface area (TPSA) is 58.6 Å². The number of carbonyl (C=O) groups is 1. The van der Waals surface area contributed by atoms with Crippen LogP contribution in [0.15, 0.2) is 12.1 Å². The predicted octanol–water partition coefficient (Wildman–Crippen LogP) is 2.69. The van der Waals surface area contributed by atoms with E-state index in [1.807, 2.05) is 26.0 Å². The molecule has 1 aromatic rings. The van der Waals surface area contributed by atoms with Gasteiger partial charge in [-0.25, -0.2) is 0 Å². The van der Waals surface area contributed by atoms with Crippen LogP contribution in [0.25, 0.3) is 0 Å². The Morgan fingerprint density at radius 2 is 1.85 bits per heavy atom. The van der Waals surface area contributed by atoms with E-state index in [9.17, 15) is 9.90 Å². The van der Waals surface area contributed by atoms with E-state index in [1.165, 1.54) is 7.11 Å². The maximum atomic E-state index is 11.7. The molecule has 0 aliphatic rings. The first-order chi connectivity index (χ1) is 9.35. The van der Waals surface area contributed by atoms with Crippen molar-refractivity contribution in [1.29, 1.82) is 0 Å². The predicted molar refractivity (Wildman–Crippen MR) is 79.7 cm³/mol. The molecular formula is C16H25NO3. The Bertz CT molecular complexity index is 446. The van der Waals surface area contributed by atoms with E-state index in [2.05, 4.69) is 19.2 Å². The normalized spacial score (nSPS) is 12.5. The summed E-state index contributed by atoms with van der Waals surface area (Å²) in [6, 6.07) is 3.56. The standard InChI is InChI=1S/C16H25NO3/c1-10(2)6-14(16(19)20-5)17-9-13-7-11(3)15(18)12(4)8-13/h7-8,10,14,17-18H,6,9H2,1-5H3. The lowest BCUT2D eigenvalue weighted by molar-refractivity contribution is -0.143. The number of phenolic OH excluding ortho intramolecular Hbond substituents is 1. The lowest BCUT2D eigenvalue weighted by Crippen LogP contribution is -2.38. The van der Waals surface area contributed by atoms with E-state index in [0.717, 1.165) is 23.1 Å². The zero-order valence-electron chi connectivity index (χ0n) is 13.0. The highest BCUT2D eigenvalue weighted by molar-refractivity contribution is 5.75. The van der Waals surface area contributed by atoms with Crippen LogP contribution in [-0.2, 0) is 16.1 Å². The number of ether oxygens (including phenoxy) is 1. The molecule has 1 unspecified atom stereocenters. The first-order valence-electron chi connectivity index (χ1n) is 6.95. The fourth-order valence-electron chi connectivity index (χ4n) is 2.27. The molecule has 0 amide bonds. The van der Waals surface area contributed by atoms with Crippen LogP contribution in [0, 0.1) is 19.8 Å². The van der Waals surface area contributed by atoms with Crippen molar-refractivity contribution in [2.24, 2.45) is 5.92 Å². The first kappa shape index (κ1) is 16.5. The summed E-state index contributed by atoms with van der Waals surface area (Å²) < 4.78 is 4.83. The second-order valence-corrected chi connectivity index (χ2v) is 5.66. The Kier molecular flexibility index (Phi) is 6.02. The van der Waals surface area contributed by atoms with Crippen LogP contribution >= 0.6 is 0 Å². The maximum Gasteiger partial charge on any atom is 0.322 e. The van der Waals surface area contributed by atoms with Gasteiger partial charge in [0.25, 0.3) is 0 Å². The minimum atomic E-state index is -0.297. The molecule has 2 N–H and O–H groups in total. The SMILES string of the molecule is COC(=O)C(CC(C)C)NCc1cc(C)c(O)c(C)c1. The van der Waals surface area contributed by atoms with Crippen molar-refractivity contribution in [3.8, 4) is 5.75 Å². The van der Waals surface area contributed by atoms with Gasteiger partial charge in [0, 0.05) is 6.54 Å². The van der Waals surface area contributed by atoms with Crippen LogP contribution in [0.3, 0.4) is 0 Å². The summed E-state index contributed by atoms with van der Waals surface area (Å²) in [4.78, 5) is 11.7. The highest BCUT2D eigenvalue weighted by Crippen LogP contribution is 2.23. The zero-order valence-corrected chi connectivity index (χ0v) is 13.0. The van der Waals surface area contributed by atoms with E-state index in [1.54, 1.807) is 0 Å². The molecule has 0 aliphatic carbocycles. The molecule has 0 spiro atoms. The number of carbonyl (C=O) groups excluding carboxylic acids is 1. The summed E-state index contributed by atoms with van der Waals surface area (Å²) >= 11 is 0. The quantitative estimate of drug-likeness (QED) is 0.786. The second kappa shape index (κ2) is 7.29. The number of hydrogen-bond donors (Lipinski definition) is 2. The van der Waals surface area contributed by atoms with Crippen molar-refractivity contribution in [1.82, 2.24) is 5.32 Å². The van der Waals surface area contributed by atoms with Gasteiger partial charge in [0.05, 0.1) is 7.11 Å². The molecular weight excluding hydrogens is 254 g/mol. The van der Waals surface area contributed by atoms with E-state index in [0.29, 0.717) is 18.2 Å². The summed E-state index contributed by atoms with van der Waals surface area (Å²) in [7, 11) is 1.41. The molecule has 1 rings (SSSR count). The summed E-state index contributed by atoms with van der Waals surface area (Å²) in [6.45, 7) is 8.48. The van der Waals surface area contributed by atoms with Gasteiger partial charge in [-0.3, -0.25) is 4.79 Å². The molecule has 0 fully saturated rings. The van der Waals surface area contributed by atoms with Gasteiger partial charge >= 0.3 is 5.97 Å². The van der Waals surface area contributed by atoms with E-state index >= 15 is 0 Å². The fourth-order valence-corrected chi connectivity index (χ4v) is 2.27. The molecule has 0 bridgehead atoms. The van der Waals surface area contributed by atoms with Crippen molar-refractivity contribution < 1.29 is 14.6 Å². The number of aryl methyl sites for hydroxylation is 2. The molecule has 112 valence electrons. The van der Waals surface area contributed by atoms with Gasteiger partial charge in [0.1, 0.15) is 11.8 Å². The molecule has 4 heteroatoms. The molecule has 0 aromatic heterocycles. The summed E-state index contributed by atoms with van der Waals surface area (Å²) in [5.41, 5.74) is 2.75. The van der Waals surface area contributed by atoms with Crippen LogP contribution in [-0.4, -0.2) is 24.2 Å². The number of methoxy groups -OCH3 is 1. The van der Waals surface area contributed by atoms with E-state index in [-0.39, 0.29) is 12.0 Å². The Balaban J connectivity index is 2.74. The minimum absolute atomic E-state index is 0.231. The first-order valence-corrected chi connectivity index (χ1v) is 6.95. The van der Waals surface area contributed by atoms with Crippen molar-refractivity contribution in [2.45, 2.75) is 46.7 Å². The smallest absolute Gasteiger partial charge is 0.322 e. The summed E-state index contributed by atoms with van der Waals surface area (Å²) in [5.74, 6) is 0.515. The van der Waals surface area contributed by atoms with Crippen LogP contribution in [0.2, 0.25) is 0 Å². The Morgan fingerprint density at radius 1 is 1.30 bits per heavy atom. The summed E-state index contributed by atoms with van der Waals surface area (Å²) in [6.07, 6.45) is 0.739. The molecule has 1 atom stereocenters. The lowest BCUT2D eigenvalue weighted by atomic mass is 10.0. The average molecular weight is 279 g/mol. The van der Waals surface area contributed by atoms with Crippen LogP contribution in [0.1, 0.15) is 37.0 Å². The van der Waals surface area contributed by atoms with Gasteiger partial charge in [-0.05, 0) is 42.9 Å². The number of benzene rings is 1.